The van der Waals surface area contributed by atoms with Gasteiger partial charge in [0.1, 0.15) is 6.04 Å². The van der Waals surface area contributed by atoms with Gasteiger partial charge in [-0.3, -0.25) is 4.79 Å². The standard InChI is InChI=1S/C19H23Cl2N3O2/c1-11(2)17(19-23-18(24-26-19)13-7-8-13)22-16(25)5-3-4-12-6-9-14(20)15(21)10-12/h6,9-11,13,17H,3-5,7-8H2,1-2H3,(H,22,25). The van der Waals surface area contributed by atoms with Crippen LogP contribution in [0.4, 0.5) is 0 Å². The molecule has 1 amide bonds. The Bertz CT molecular complexity index is 772. The summed E-state index contributed by atoms with van der Waals surface area (Å²) in [6.45, 7) is 4.06. The molecule has 1 fully saturated rings. The van der Waals surface area contributed by atoms with Gasteiger partial charge in [-0.25, -0.2) is 0 Å². The molecule has 3 rings (SSSR count). The smallest absolute Gasteiger partial charge is 0.249 e. The number of benzene rings is 1. The van der Waals surface area contributed by atoms with Crippen LogP contribution in [0.3, 0.4) is 0 Å². The van der Waals surface area contributed by atoms with Crippen molar-refractivity contribution in [3.05, 3.63) is 45.5 Å². The fourth-order valence-electron chi connectivity index (χ4n) is 2.79. The summed E-state index contributed by atoms with van der Waals surface area (Å²) in [7, 11) is 0. The number of carbonyl (C=O) groups is 1. The van der Waals surface area contributed by atoms with Gasteiger partial charge in [0.2, 0.25) is 11.8 Å². The highest BCUT2D eigenvalue weighted by atomic mass is 35.5. The van der Waals surface area contributed by atoms with Crippen LogP contribution in [0.25, 0.3) is 0 Å². The Morgan fingerprint density at radius 1 is 1.31 bits per heavy atom. The highest BCUT2D eigenvalue weighted by molar-refractivity contribution is 6.42. The quantitative estimate of drug-likeness (QED) is 0.675. The van der Waals surface area contributed by atoms with Crippen molar-refractivity contribution in [1.82, 2.24) is 15.5 Å². The molecule has 1 heterocycles. The van der Waals surface area contributed by atoms with E-state index in [1.807, 2.05) is 26.0 Å². The van der Waals surface area contributed by atoms with E-state index in [0.29, 0.717) is 28.3 Å². The van der Waals surface area contributed by atoms with Crippen molar-refractivity contribution in [2.75, 3.05) is 0 Å². The summed E-state index contributed by atoms with van der Waals surface area (Å²) < 4.78 is 5.39. The molecule has 1 aliphatic carbocycles. The number of carbonyl (C=O) groups excluding carboxylic acids is 1. The molecule has 1 saturated carbocycles. The Kier molecular flexibility index (Phi) is 6.20. The zero-order chi connectivity index (χ0) is 18.7. The van der Waals surface area contributed by atoms with Crippen molar-refractivity contribution in [1.29, 1.82) is 0 Å². The lowest BCUT2D eigenvalue weighted by molar-refractivity contribution is -0.122. The predicted octanol–water partition coefficient (Wildman–Crippen LogP) is 5.09. The maximum atomic E-state index is 12.3. The number of rotatable bonds is 8. The molecule has 5 nitrogen and oxygen atoms in total. The van der Waals surface area contributed by atoms with Crippen LogP contribution in [-0.2, 0) is 11.2 Å². The van der Waals surface area contributed by atoms with Gasteiger partial charge in [0.25, 0.3) is 0 Å². The Balaban J connectivity index is 1.51. The zero-order valence-electron chi connectivity index (χ0n) is 15.0. The Morgan fingerprint density at radius 3 is 2.73 bits per heavy atom. The lowest BCUT2D eigenvalue weighted by atomic mass is 10.0. The van der Waals surface area contributed by atoms with E-state index >= 15 is 0 Å². The molecular formula is C19H23Cl2N3O2. The van der Waals surface area contributed by atoms with Crippen LogP contribution in [0.2, 0.25) is 10.0 Å². The summed E-state index contributed by atoms with van der Waals surface area (Å²) in [5, 5.41) is 8.15. The van der Waals surface area contributed by atoms with Gasteiger partial charge in [-0.1, -0.05) is 48.3 Å². The fraction of sp³-hybridized carbons (Fsp3) is 0.526. The molecule has 7 heteroatoms. The van der Waals surface area contributed by atoms with Gasteiger partial charge < -0.3 is 9.84 Å². The first-order valence-corrected chi connectivity index (χ1v) is 9.76. The minimum Gasteiger partial charge on any atom is -0.344 e. The molecule has 1 atom stereocenters. The molecular weight excluding hydrogens is 373 g/mol. The van der Waals surface area contributed by atoms with Crippen LogP contribution in [-0.4, -0.2) is 16.0 Å². The first-order chi connectivity index (χ1) is 12.4. The molecule has 26 heavy (non-hydrogen) atoms. The second kappa shape index (κ2) is 8.40. The van der Waals surface area contributed by atoms with E-state index in [0.717, 1.165) is 37.1 Å². The van der Waals surface area contributed by atoms with Crippen molar-refractivity contribution in [3.8, 4) is 0 Å². The summed E-state index contributed by atoms with van der Waals surface area (Å²) in [6, 6.07) is 5.30. The zero-order valence-corrected chi connectivity index (χ0v) is 16.5. The number of amides is 1. The summed E-state index contributed by atoms with van der Waals surface area (Å²) >= 11 is 11.9. The van der Waals surface area contributed by atoms with Crippen LogP contribution >= 0.6 is 23.2 Å². The highest BCUT2D eigenvalue weighted by Crippen LogP contribution is 2.38. The lowest BCUT2D eigenvalue weighted by Crippen LogP contribution is -2.31. The van der Waals surface area contributed by atoms with E-state index in [2.05, 4.69) is 15.5 Å². The lowest BCUT2D eigenvalue weighted by Gasteiger charge is -2.18. The van der Waals surface area contributed by atoms with E-state index < -0.39 is 0 Å². The van der Waals surface area contributed by atoms with Gasteiger partial charge in [-0.05, 0) is 49.3 Å². The van der Waals surface area contributed by atoms with Crippen molar-refractivity contribution >= 4 is 29.1 Å². The van der Waals surface area contributed by atoms with Crippen molar-refractivity contribution < 1.29 is 9.32 Å². The number of hydrogen-bond acceptors (Lipinski definition) is 4. The van der Waals surface area contributed by atoms with Gasteiger partial charge in [0.05, 0.1) is 10.0 Å². The monoisotopic (exact) mass is 395 g/mol. The van der Waals surface area contributed by atoms with Gasteiger partial charge in [0, 0.05) is 12.3 Å². The predicted molar refractivity (Wildman–Crippen MR) is 101 cm³/mol. The van der Waals surface area contributed by atoms with Crippen molar-refractivity contribution in [3.63, 3.8) is 0 Å². The van der Waals surface area contributed by atoms with Crippen molar-refractivity contribution in [2.24, 2.45) is 5.92 Å². The highest BCUT2D eigenvalue weighted by Gasteiger charge is 2.31. The largest absolute Gasteiger partial charge is 0.344 e. The second-order valence-corrected chi connectivity index (χ2v) is 7.97. The van der Waals surface area contributed by atoms with Crippen LogP contribution < -0.4 is 5.32 Å². The number of aromatic nitrogens is 2. The minimum absolute atomic E-state index is 0.0186. The summed E-state index contributed by atoms with van der Waals surface area (Å²) in [6.07, 6.45) is 4.15. The number of nitrogens with one attached hydrogen (secondary N) is 1. The Hall–Kier alpha value is -1.59. The van der Waals surface area contributed by atoms with E-state index in [1.165, 1.54) is 0 Å². The van der Waals surface area contributed by atoms with E-state index in [-0.39, 0.29) is 17.9 Å². The number of aryl methyl sites for hydroxylation is 1. The molecule has 2 aromatic rings. The number of hydrogen-bond donors (Lipinski definition) is 1. The average molecular weight is 396 g/mol. The molecule has 140 valence electrons. The van der Waals surface area contributed by atoms with Gasteiger partial charge in [-0.15, -0.1) is 0 Å². The molecule has 1 aromatic heterocycles. The number of nitrogens with zero attached hydrogens (tertiary/aromatic N) is 2. The topological polar surface area (TPSA) is 68.0 Å². The van der Waals surface area contributed by atoms with E-state index in [4.69, 9.17) is 27.7 Å². The normalized spacial score (nSPS) is 15.3. The van der Waals surface area contributed by atoms with Crippen LogP contribution in [0, 0.1) is 5.92 Å². The summed E-state index contributed by atoms with van der Waals surface area (Å²) in [4.78, 5) is 16.8. The fourth-order valence-corrected chi connectivity index (χ4v) is 3.11. The molecule has 1 aliphatic rings. The molecule has 0 bridgehead atoms. The first-order valence-electron chi connectivity index (χ1n) is 9.01. The molecule has 0 aliphatic heterocycles. The van der Waals surface area contributed by atoms with Crippen LogP contribution in [0.15, 0.2) is 22.7 Å². The Labute approximate surface area is 163 Å². The van der Waals surface area contributed by atoms with Gasteiger partial charge >= 0.3 is 0 Å². The summed E-state index contributed by atoms with van der Waals surface area (Å²) in [5.74, 6) is 1.85. The maximum Gasteiger partial charge on any atom is 0.249 e. The van der Waals surface area contributed by atoms with Gasteiger partial charge in [0.15, 0.2) is 5.82 Å². The molecule has 0 saturated heterocycles. The third-order valence-electron chi connectivity index (χ3n) is 4.50. The maximum absolute atomic E-state index is 12.3. The van der Waals surface area contributed by atoms with E-state index in [1.54, 1.807) is 6.07 Å². The van der Waals surface area contributed by atoms with Crippen molar-refractivity contribution in [2.45, 2.75) is 57.9 Å². The van der Waals surface area contributed by atoms with E-state index in [9.17, 15) is 4.79 Å². The second-order valence-electron chi connectivity index (χ2n) is 7.16. The molecule has 1 N–H and O–H groups in total. The summed E-state index contributed by atoms with van der Waals surface area (Å²) in [5.41, 5.74) is 1.07. The van der Waals surface area contributed by atoms with Crippen LogP contribution in [0.5, 0.6) is 0 Å². The third-order valence-corrected chi connectivity index (χ3v) is 5.24. The first kappa shape index (κ1) is 19.2. The molecule has 1 unspecified atom stereocenters. The third kappa shape index (κ3) is 4.98. The van der Waals surface area contributed by atoms with Gasteiger partial charge in [-0.2, -0.15) is 4.98 Å². The number of halogens is 2. The minimum atomic E-state index is -0.257. The molecule has 0 spiro atoms. The Morgan fingerprint density at radius 2 is 2.08 bits per heavy atom. The molecule has 1 aromatic carbocycles. The van der Waals surface area contributed by atoms with Crippen LogP contribution in [0.1, 0.15) is 68.8 Å². The SMILES string of the molecule is CC(C)C(NC(=O)CCCc1ccc(Cl)c(Cl)c1)c1nc(C2CC2)no1. The average Bonchev–Trinajstić information content (AvgIpc) is 3.33. The molecule has 0 radical (unpaired) electrons.